The highest BCUT2D eigenvalue weighted by molar-refractivity contribution is 5.82. The van der Waals surface area contributed by atoms with Crippen LogP contribution in [0.25, 0.3) is 10.9 Å². The second-order valence-corrected chi connectivity index (χ2v) is 5.47. The van der Waals surface area contributed by atoms with Gasteiger partial charge in [0.1, 0.15) is 0 Å². The minimum absolute atomic E-state index is 0.159. The Hall–Kier alpha value is -2.92. The number of benzene rings is 2. The average Bonchev–Trinajstić information content (AvgIpc) is 2.65. The van der Waals surface area contributed by atoms with E-state index >= 15 is 0 Å². The van der Waals surface area contributed by atoms with Crippen molar-refractivity contribution >= 4 is 16.9 Å². The Bertz CT molecular complexity index is 816. The first kappa shape index (κ1) is 16.0. The maximum atomic E-state index is 12.1. The standard InChI is InChI=1S/C19H19N3O2/c23-13-17(14-6-2-1-3-7-14)22-19(24)21-12-16-9-4-8-15-10-5-11-20-18(15)16/h1-11,17,23H,12-13H2,(H2,21,22,24). The molecule has 122 valence electrons. The van der Waals surface area contributed by atoms with E-state index in [2.05, 4.69) is 15.6 Å². The van der Waals surface area contributed by atoms with Crippen molar-refractivity contribution in [1.82, 2.24) is 15.6 Å². The lowest BCUT2D eigenvalue weighted by molar-refractivity contribution is 0.216. The van der Waals surface area contributed by atoms with E-state index in [1.54, 1.807) is 6.20 Å². The van der Waals surface area contributed by atoms with Crippen molar-refractivity contribution in [3.05, 3.63) is 78.0 Å². The maximum absolute atomic E-state index is 12.1. The van der Waals surface area contributed by atoms with Gasteiger partial charge in [0, 0.05) is 18.1 Å². The number of hydrogen-bond acceptors (Lipinski definition) is 3. The molecule has 0 fully saturated rings. The molecule has 5 heteroatoms. The number of rotatable bonds is 5. The molecule has 0 spiro atoms. The molecule has 0 bridgehead atoms. The second-order valence-electron chi connectivity index (χ2n) is 5.47. The van der Waals surface area contributed by atoms with Crippen LogP contribution in [0.2, 0.25) is 0 Å². The van der Waals surface area contributed by atoms with Crippen LogP contribution >= 0.6 is 0 Å². The summed E-state index contributed by atoms with van der Waals surface area (Å²) in [4.78, 5) is 16.5. The van der Waals surface area contributed by atoms with Crippen LogP contribution in [0.15, 0.2) is 66.9 Å². The number of aliphatic hydroxyl groups is 1. The summed E-state index contributed by atoms with van der Waals surface area (Å²) < 4.78 is 0. The molecule has 0 aliphatic rings. The Morgan fingerprint density at radius 2 is 1.83 bits per heavy atom. The number of aromatic nitrogens is 1. The number of amides is 2. The first-order valence-electron chi connectivity index (χ1n) is 7.80. The lowest BCUT2D eigenvalue weighted by Gasteiger charge is -2.17. The van der Waals surface area contributed by atoms with E-state index in [0.717, 1.165) is 22.0 Å². The molecule has 24 heavy (non-hydrogen) atoms. The third kappa shape index (κ3) is 3.70. The molecule has 0 aliphatic heterocycles. The normalized spacial score (nSPS) is 11.9. The van der Waals surface area contributed by atoms with E-state index in [1.165, 1.54) is 0 Å². The fourth-order valence-electron chi connectivity index (χ4n) is 2.61. The van der Waals surface area contributed by atoms with Crippen molar-refractivity contribution in [2.24, 2.45) is 0 Å². The summed E-state index contributed by atoms with van der Waals surface area (Å²) >= 11 is 0. The van der Waals surface area contributed by atoms with E-state index < -0.39 is 6.04 Å². The van der Waals surface area contributed by atoms with Gasteiger partial charge in [-0.05, 0) is 17.2 Å². The van der Waals surface area contributed by atoms with Crippen LogP contribution in [0.4, 0.5) is 4.79 Å². The fraction of sp³-hybridized carbons (Fsp3) is 0.158. The minimum Gasteiger partial charge on any atom is -0.394 e. The minimum atomic E-state index is -0.433. The molecule has 5 nitrogen and oxygen atoms in total. The number of aliphatic hydroxyl groups excluding tert-OH is 1. The monoisotopic (exact) mass is 321 g/mol. The lowest BCUT2D eigenvalue weighted by Crippen LogP contribution is -2.38. The molecular formula is C19H19N3O2. The molecule has 1 aromatic heterocycles. The van der Waals surface area contributed by atoms with Gasteiger partial charge in [0.05, 0.1) is 18.2 Å². The number of carbonyl (C=O) groups excluding carboxylic acids is 1. The Labute approximate surface area is 140 Å². The first-order valence-corrected chi connectivity index (χ1v) is 7.80. The molecule has 3 rings (SSSR count). The van der Waals surface area contributed by atoms with Gasteiger partial charge in [-0.1, -0.05) is 54.6 Å². The maximum Gasteiger partial charge on any atom is 0.315 e. The van der Waals surface area contributed by atoms with E-state index in [0.29, 0.717) is 6.54 Å². The number of nitrogens with one attached hydrogen (secondary N) is 2. The molecule has 0 aliphatic carbocycles. The zero-order valence-corrected chi connectivity index (χ0v) is 13.1. The number of fused-ring (bicyclic) bond motifs is 1. The summed E-state index contributed by atoms with van der Waals surface area (Å²) in [6.45, 7) is 0.209. The van der Waals surface area contributed by atoms with E-state index in [4.69, 9.17) is 0 Å². The number of pyridine rings is 1. The third-order valence-electron chi connectivity index (χ3n) is 3.85. The van der Waals surface area contributed by atoms with Gasteiger partial charge in [-0.2, -0.15) is 0 Å². The van der Waals surface area contributed by atoms with E-state index in [9.17, 15) is 9.90 Å². The molecule has 0 saturated heterocycles. The van der Waals surface area contributed by atoms with Crippen molar-refractivity contribution in [3.63, 3.8) is 0 Å². The van der Waals surface area contributed by atoms with Crippen LogP contribution in [-0.4, -0.2) is 22.7 Å². The summed E-state index contributed by atoms with van der Waals surface area (Å²) in [6, 6.07) is 18.4. The number of nitrogens with zero attached hydrogens (tertiary/aromatic N) is 1. The summed E-state index contributed by atoms with van der Waals surface area (Å²) in [5.74, 6) is 0. The fourth-order valence-corrected chi connectivity index (χ4v) is 2.61. The predicted molar refractivity (Wildman–Crippen MR) is 93.4 cm³/mol. The summed E-state index contributed by atoms with van der Waals surface area (Å²) in [6.07, 6.45) is 1.74. The first-order chi connectivity index (χ1) is 11.8. The predicted octanol–water partition coefficient (Wildman–Crippen LogP) is 2.77. The van der Waals surface area contributed by atoms with Crippen LogP contribution in [-0.2, 0) is 6.54 Å². The van der Waals surface area contributed by atoms with Crippen molar-refractivity contribution in [3.8, 4) is 0 Å². The topological polar surface area (TPSA) is 74.2 Å². The van der Waals surface area contributed by atoms with Crippen molar-refractivity contribution in [1.29, 1.82) is 0 Å². The SMILES string of the molecule is O=C(NCc1cccc2cccnc12)NC(CO)c1ccccc1. The molecule has 1 atom stereocenters. The van der Waals surface area contributed by atoms with Gasteiger partial charge in [0.25, 0.3) is 0 Å². The molecule has 0 radical (unpaired) electrons. The van der Waals surface area contributed by atoms with Crippen LogP contribution in [0.1, 0.15) is 17.2 Å². The Morgan fingerprint density at radius 1 is 1.04 bits per heavy atom. The zero-order chi connectivity index (χ0) is 16.8. The van der Waals surface area contributed by atoms with Gasteiger partial charge < -0.3 is 15.7 Å². The second kappa shape index (κ2) is 7.57. The molecule has 2 amide bonds. The van der Waals surface area contributed by atoms with Crippen molar-refractivity contribution < 1.29 is 9.90 Å². The highest BCUT2D eigenvalue weighted by atomic mass is 16.3. The van der Waals surface area contributed by atoms with Gasteiger partial charge in [-0.3, -0.25) is 4.98 Å². The molecule has 3 aromatic rings. The Balaban J connectivity index is 1.64. The quantitative estimate of drug-likeness (QED) is 0.676. The van der Waals surface area contributed by atoms with Gasteiger partial charge >= 0.3 is 6.03 Å². The lowest BCUT2D eigenvalue weighted by atomic mass is 10.1. The van der Waals surface area contributed by atoms with E-state index in [1.807, 2.05) is 60.7 Å². The average molecular weight is 321 g/mol. The highest BCUT2D eigenvalue weighted by Gasteiger charge is 2.13. The molecule has 1 unspecified atom stereocenters. The Kier molecular flexibility index (Phi) is 5.03. The number of para-hydroxylation sites is 1. The Morgan fingerprint density at radius 3 is 2.62 bits per heavy atom. The molecule has 3 N–H and O–H groups in total. The van der Waals surface area contributed by atoms with Gasteiger partial charge in [0.15, 0.2) is 0 Å². The third-order valence-corrected chi connectivity index (χ3v) is 3.85. The van der Waals surface area contributed by atoms with Crippen LogP contribution in [0.5, 0.6) is 0 Å². The van der Waals surface area contributed by atoms with Gasteiger partial charge in [0.2, 0.25) is 0 Å². The van der Waals surface area contributed by atoms with Crippen molar-refractivity contribution in [2.75, 3.05) is 6.61 Å². The van der Waals surface area contributed by atoms with Gasteiger partial charge in [-0.15, -0.1) is 0 Å². The van der Waals surface area contributed by atoms with Gasteiger partial charge in [-0.25, -0.2) is 4.79 Å². The molecule has 1 heterocycles. The number of urea groups is 1. The summed E-state index contributed by atoms with van der Waals surface area (Å²) in [7, 11) is 0. The smallest absolute Gasteiger partial charge is 0.315 e. The van der Waals surface area contributed by atoms with E-state index in [-0.39, 0.29) is 12.6 Å². The van der Waals surface area contributed by atoms with Crippen LogP contribution < -0.4 is 10.6 Å². The summed E-state index contributed by atoms with van der Waals surface area (Å²) in [5, 5.41) is 16.1. The van der Waals surface area contributed by atoms with Crippen LogP contribution in [0.3, 0.4) is 0 Å². The van der Waals surface area contributed by atoms with Crippen LogP contribution in [0, 0.1) is 0 Å². The molecule has 0 saturated carbocycles. The zero-order valence-electron chi connectivity index (χ0n) is 13.1. The molecular weight excluding hydrogens is 302 g/mol. The van der Waals surface area contributed by atoms with Crippen molar-refractivity contribution in [2.45, 2.75) is 12.6 Å². The number of hydrogen-bond donors (Lipinski definition) is 3. The summed E-state index contributed by atoms with van der Waals surface area (Å²) in [5.41, 5.74) is 2.69. The molecule has 2 aromatic carbocycles. The number of carbonyl (C=O) groups is 1. The highest BCUT2D eigenvalue weighted by Crippen LogP contribution is 2.16. The largest absolute Gasteiger partial charge is 0.394 e.